The molecule has 0 spiro atoms. The Labute approximate surface area is 204 Å². The molecule has 9 nitrogen and oxygen atoms in total. The van der Waals surface area contributed by atoms with Gasteiger partial charge in [0, 0.05) is 4.47 Å². The van der Waals surface area contributed by atoms with Crippen LogP contribution in [-0.2, 0) is 14.3 Å². The minimum atomic E-state index is -0.893. The van der Waals surface area contributed by atoms with E-state index in [1.54, 1.807) is 12.1 Å². The summed E-state index contributed by atoms with van der Waals surface area (Å²) in [7, 11) is 1.25. The van der Waals surface area contributed by atoms with Crippen LogP contribution in [0.1, 0.15) is 36.2 Å². The number of methoxy groups -OCH3 is 1. The van der Waals surface area contributed by atoms with Gasteiger partial charge in [-0.3, -0.25) is 14.9 Å². The monoisotopic (exact) mass is 530 g/mol. The molecule has 1 aliphatic rings. The molecule has 4 amide bonds. The van der Waals surface area contributed by atoms with Gasteiger partial charge in [-0.2, -0.15) is 0 Å². The Hall–Kier alpha value is -3.66. The first-order chi connectivity index (χ1) is 16.3. The molecule has 0 radical (unpaired) electrons. The van der Waals surface area contributed by atoms with E-state index in [2.05, 4.69) is 26.0 Å². The molecule has 1 heterocycles. The number of anilines is 1. The van der Waals surface area contributed by atoms with Gasteiger partial charge < -0.3 is 14.2 Å². The van der Waals surface area contributed by atoms with Crippen molar-refractivity contribution in [1.82, 2.24) is 5.32 Å². The van der Waals surface area contributed by atoms with Crippen molar-refractivity contribution in [3.05, 3.63) is 57.6 Å². The number of barbiturate groups is 1. The summed E-state index contributed by atoms with van der Waals surface area (Å²) >= 11 is 3.44. The molecule has 0 aromatic heterocycles. The molecule has 1 aliphatic heterocycles. The molecule has 1 saturated heterocycles. The molecule has 0 unspecified atom stereocenters. The highest BCUT2D eigenvalue weighted by Crippen LogP contribution is 2.35. The topological polar surface area (TPSA) is 111 Å². The smallest absolute Gasteiger partial charge is 0.337 e. The summed E-state index contributed by atoms with van der Waals surface area (Å²) in [5, 5.41) is 2.17. The molecule has 178 valence electrons. The van der Waals surface area contributed by atoms with E-state index < -0.39 is 23.8 Å². The molecule has 1 N–H and O–H groups in total. The minimum absolute atomic E-state index is 0.186. The number of benzene rings is 2. The Balaban J connectivity index is 1.99. The van der Waals surface area contributed by atoms with Gasteiger partial charge in [0.15, 0.2) is 11.5 Å². The summed E-state index contributed by atoms with van der Waals surface area (Å²) in [6.45, 7) is 4.71. The van der Waals surface area contributed by atoms with Crippen molar-refractivity contribution in [2.75, 3.05) is 25.2 Å². The number of amides is 4. The Morgan fingerprint density at radius 3 is 2.35 bits per heavy atom. The molecule has 2 aromatic carbocycles. The van der Waals surface area contributed by atoms with E-state index in [9.17, 15) is 19.2 Å². The van der Waals surface area contributed by atoms with Crippen LogP contribution >= 0.6 is 15.9 Å². The van der Waals surface area contributed by atoms with E-state index in [4.69, 9.17) is 9.47 Å². The maximum Gasteiger partial charge on any atom is 0.337 e. The van der Waals surface area contributed by atoms with E-state index >= 15 is 0 Å². The van der Waals surface area contributed by atoms with Gasteiger partial charge in [0.25, 0.3) is 11.8 Å². The fourth-order valence-electron chi connectivity index (χ4n) is 3.17. The van der Waals surface area contributed by atoms with Crippen LogP contribution < -0.4 is 19.7 Å². The Morgan fingerprint density at radius 1 is 1.06 bits per heavy atom. The maximum absolute atomic E-state index is 13.2. The second-order valence-corrected chi connectivity index (χ2v) is 7.95. The van der Waals surface area contributed by atoms with E-state index in [1.165, 1.54) is 37.5 Å². The first kappa shape index (κ1) is 25.0. The SMILES string of the molecule is CCCOc1cc(Br)c(/C=C2/C(=O)NC(=O)N(c3ccc(C(=O)OC)cc3)C2=O)cc1OCC. The van der Waals surface area contributed by atoms with Crippen molar-refractivity contribution < 1.29 is 33.4 Å². The lowest BCUT2D eigenvalue weighted by Crippen LogP contribution is -2.54. The number of carbonyl (C=O) groups is 4. The highest BCUT2D eigenvalue weighted by atomic mass is 79.9. The summed E-state index contributed by atoms with van der Waals surface area (Å²) in [5.74, 6) is -1.21. The zero-order chi connectivity index (χ0) is 24.8. The summed E-state index contributed by atoms with van der Waals surface area (Å²) in [4.78, 5) is 50.6. The lowest BCUT2D eigenvalue weighted by atomic mass is 10.1. The first-order valence-corrected chi connectivity index (χ1v) is 11.3. The zero-order valence-electron chi connectivity index (χ0n) is 18.8. The fraction of sp³-hybridized carbons (Fsp3) is 0.250. The lowest BCUT2D eigenvalue weighted by molar-refractivity contribution is -0.122. The van der Waals surface area contributed by atoms with Crippen LogP contribution in [0, 0.1) is 0 Å². The third-order valence-electron chi connectivity index (χ3n) is 4.77. The van der Waals surface area contributed by atoms with Crippen LogP contribution in [0.2, 0.25) is 0 Å². The van der Waals surface area contributed by atoms with Crippen molar-refractivity contribution in [2.45, 2.75) is 20.3 Å². The van der Waals surface area contributed by atoms with Crippen LogP contribution in [0.3, 0.4) is 0 Å². The summed E-state index contributed by atoms with van der Waals surface area (Å²) in [5.41, 5.74) is 0.676. The van der Waals surface area contributed by atoms with Crippen molar-refractivity contribution in [2.24, 2.45) is 0 Å². The molecule has 0 saturated carbocycles. The molecule has 2 aromatic rings. The number of carbonyl (C=O) groups excluding carboxylic acids is 4. The molecular formula is C24H23BrN2O7. The van der Waals surface area contributed by atoms with Gasteiger partial charge in [-0.25, -0.2) is 14.5 Å². The molecule has 0 atom stereocenters. The van der Waals surface area contributed by atoms with Gasteiger partial charge in [0.1, 0.15) is 5.57 Å². The highest BCUT2D eigenvalue weighted by Gasteiger charge is 2.37. The number of esters is 1. The number of nitrogens with zero attached hydrogens (tertiary/aromatic N) is 1. The van der Waals surface area contributed by atoms with Gasteiger partial charge in [-0.15, -0.1) is 0 Å². The van der Waals surface area contributed by atoms with Crippen molar-refractivity contribution in [3.63, 3.8) is 0 Å². The zero-order valence-corrected chi connectivity index (χ0v) is 20.4. The van der Waals surface area contributed by atoms with E-state index in [0.717, 1.165) is 11.3 Å². The van der Waals surface area contributed by atoms with Crippen LogP contribution in [-0.4, -0.2) is 44.1 Å². The minimum Gasteiger partial charge on any atom is -0.490 e. The van der Waals surface area contributed by atoms with Gasteiger partial charge in [-0.1, -0.05) is 22.9 Å². The standard InChI is InChI=1S/C24H23BrN2O7/c1-4-10-34-20-13-18(25)15(12-19(20)33-5-2)11-17-21(28)26-24(31)27(22(17)29)16-8-6-14(7-9-16)23(30)32-3/h6-9,11-13H,4-5,10H2,1-3H3,(H,26,28,31)/b17-11-. The first-order valence-electron chi connectivity index (χ1n) is 10.5. The molecule has 3 rings (SSSR count). The van der Waals surface area contributed by atoms with E-state index in [0.29, 0.717) is 34.7 Å². The van der Waals surface area contributed by atoms with Gasteiger partial charge in [-0.05, 0) is 61.4 Å². The van der Waals surface area contributed by atoms with Crippen molar-refractivity contribution >= 4 is 51.5 Å². The lowest BCUT2D eigenvalue weighted by Gasteiger charge is -2.26. The summed E-state index contributed by atoms with van der Waals surface area (Å²) in [6, 6.07) is 8.13. The molecule has 0 bridgehead atoms. The second kappa shape index (κ2) is 11.0. The van der Waals surface area contributed by atoms with Gasteiger partial charge >= 0.3 is 12.0 Å². The highest BCUT2D eigenvalue weighted by molar-refractivity contribution is 9.10. The van der Waals surface area contributed by atoms with Gasteiger partial charge in [0.05, 0.1) is 31.6 Å². The number of ether oxygens (including phenoxy) is 3. The van der Waals surface area contributed by atoms with Crippen molar-refractivity contribution in [1.29, 1.82) is 0 Å². The number of urea groups is 1. The number of imide groups is 2. The number of nitrogens with one attached hydrogen (secondary N) is 1. The quantitative estimate of drug-likeness (QED) is 0.310. The third-order valence-corrected chi connectivity index (χ3v) is 5.46. The molecule has 0 aliphatic carbocycles. The maximum atomic E-state index is 13.2. The Bertz CT molecular complexity index is 1160. The van der Waals surface area contributed by atoms with E-state index in [-0.39, 0.29) is 16.8 Å². The Morgan fingerprint density at radius 2 is 1.74 bits per heavy atom. The average Bonchev–Trinajstić information content (AvgIpc) is 2.82. The number of rotatable bonds is 8. The fourth-order valence-corrected chi connectivity index (χ4v) is 3.60. The Kier molecular flexibility index (Phi) is 8.06. The number of hydrogen-bond acceptors (Lipinski definition) is 7. The van der Waals surface area contributed by atoms with E-state index in [1.807, 2.05) is 13.8 Å². The largest absolute Gasteiger partial charge is 0.490 e. The average molecular weight is 531 g/mol. The molecule has 1 fully saturated rings. The second-order valence-electron chi connectivity index (χ2n) is 7.10. The van der Waals surface area contributed by atoms with Crippen LogP contribution in [0.4, 0.5) is 10.5 Å². The van der Waals surface area contributed by atoms with Crippen LogP contribution in [0.5, 0.6) is 11.5 Å². The molecule has 34 heavy (non-hydrogen) atoms. The van der Waals surface area contributed by atoms with Crippen LogP contribution in [0.15, 0.2) is 46.4 Å². The van der Waals surface area contributed by atoms with Gasteiger partial charge in [0.2, 0.25) is 0 Å². The predicted octanol–water partition coefficient (Wildman–Crippen LogP) is 4.09. The normalized spacial score (nSPS) is 14.8. The third kappa shape index (κ3) is 5.28. The molecule has 10 heteroatoms. The predicted molar refractivity (Wildman–Crippen MR) is 128 cm³/mol. The number of hydrogen-bond donors (Lipinski definition) is 1. The summed E-state index contributed by atoms with van der Waals surface area (Å²) < 4.78 is 16.6. The molecular weight excluding hydrogens is 508 g/mol. The van der Waals surface area contributed by atoms with Crippen molar-refractivity contribution in [3.8, 4) is 11.5 Å². The number of halogens is 1. The van der Waals surface area contributed by atoms with Crippen LogP contribution in [0.25, 0.3) is 6.08 Å². The summed E-state index contributed by atoms with van der Waals surface area (Å²) in [6.07, 6.45) is 2.18.